The van der Waals surface area contributed by atoms with Gasteiger partial charge < -0.3 is 58.8 Å². The van der Waals surface area contributed by atoms with E-state index in [1.807, 2.05) is 24.3 Å². The third kappa shape index (κ3) is 33.3. The van der Waals surface area contributed by atoms with Crippen molar-refractivity contribution < 1.29 is 76.4 Å². The Balaban J connectivity index is 0.000000412. The standard InChI is InChI=1S/C28H36N2O11.C28H40N2O7/c31-27(7-3-1-5-17-38-25-13-9-23(10-14-25)29(33)34)40-21-19-37-20-22-41-28(32)8-4-2-6-18-39-26-15-11-24(12-16-26)30(35)36;29-23-9-13-25(14-10-23)34-17-5-1-3-7-27(31)36-21-19-33-20-22-37-28(32)8-4-2-6-18-35-26-15-11-24(30)12-16-26/h9-16H,1-8,17-22H2;9-16H,1-8,17-22,29-30H2. The van der Waals surface area contributed by atoms with Gasteiger partial charge in [-0.2, -0.15) is 0 Å². The van der Waals surface area contributed by atoms with E-state index >= 15 is 0 Å². The second-order valence-corrected chi connectivity index (χ2v) is 17.4. The van der Waals surface area contributed by atoms with Crippen molar-refractivity contribution in [3.05, 3.63) is 117 Å². The normalized spacial score (nSPS) is 10.6. The zero-order valence-corrected chi connectivity index (χ0v) is 44.4. The summed E-state index contributed by atoms with van der Waals surface area (Å²) in [6, 6.07) is 26.3. The highest BCUT2D eigenvalue weighted by Gasteiger charge is 2.09. The van der Waals surface area contributed by atoms with Gasteiger partial charge in [-0.05, 0) is 150 Å². The summed E-state index contributed by atoms with van der Waals surface area (Å²) in [6.45, 7) is 3.67. The van der Waals surface area contributed by atoms with E-state index in [1.54, 1.807) is 48.5 Å². The highest BCUT2D eigenvalue weighted by molar-refractivity contribution is 5.70. The molecule has 4 N–H and O–H groups in total. The molecule has 0 amide bonds. The Hall–Kier alpha value is -7.72. The number of nitro benzene ring substituents is 2. The number of anilines is 2. The van der Waals surface area contributed by atoms with Gasteiger partial charge in [0.2, 0.25) is 0 Å². The van der Waals surface area contributed by atoms with E-state index in [2.05, 4.69) is 0 Å². The summed E-state index contributed by atoms with van der Waals surface area (Å²) < 4.78 is 53.4. The van der Waals surface area contributed by atoms with Crippen LogP contribution in [-0.4, -0.2) is 113 Å². The summed E-state index contributed by atoms with van der Waals surface area (Å²) in [7, 11) is 0. The average molecular weight is 1090 g/mol. The SMILES string of the molecule is Nc1ccc(OCCCCCC(=O)OCCOCCOC(=O)CCCCCOc2ccc(N)cc2)cc1.O=C(CCCCCOc1ccc([N+](=O)[O-])cc1)OCCOCCOC(=O)CCCCCOc1ccc([N+](=O)[O-])cc1. The van der Waals surface area contributed by atoms with Gasteiger partial charge in [0, 0.05) is 61.3 Å². The Bertz CT molecular complexity index is 2130. The highest BCUT2D eigenvalue weighted by Crippen LogP contribution is 2.20. The molecule has 0 aliphatic rings. The Kier molecular flexibility index (Phi) is 34.3. The quantitative estimate of drug-likeness (QED) is 0.0104. The minimum atomic E-state index is -0.467. The second kappa shape index (κ2) is 41.4. The van der Waals surface area contributed by atoms with Crippen molar-refractivity contribution in [2.24, 2.45) is 0 Å². The predicted octanol–water partition coefficient (Wildman–Crippen LogP) is 9.72. The van der Waals surface area contributed by atoms with Gasteiger partial charge in [0.05, 0.1) is 62.7 Å². The van der Waals surface area contributed by atoms with E-state index in [1.165, 1.54) is 24.3 Å². The molecule has 4 rings (SSSR count). The Morgan fingerprint density at radius 3 is 0.782 bits per heavy atom. The number of ether oxygens (including phenoxy) is 10. The predicted molar refractivity (Wildman–Crippen MR) is 289 cm³/mol. The van der Waals surface area contributed by atoms with Gasteiger partial charge in [-0.3, -0.25) is 39.4 Å². The largest absolute Gasteiger partial charge is 0.494 e. The van der Waals surface area contributed by atoms with Crippen molar-refractivity contribution in [1.29, 1.82) is 0 Å². The second-order valence-electron chi connectivity index (χ2n) is 17.4. The molecule has 22 nitrogen and oxygen atoms in total. The van der Waals surface area contributed by atoms with Crippen molar-refractivity contribution in [1.82, 2.24) is 0 Å². The van der Waals surface area contributed by atoms with Crippen LogP contribution < -0.4 is 30.4 Å². The third-order valence-electron chi connectivity index (χ3n) is 11.0. The highest BCUT2D eigenvalue weighted by atomic mass is 16.6. The Labute approximate surface area is 455 Å². The van der Waals surface area contributed by atoms with Gasteiger partial charge >= 0.3 is 23.9 Å². The lowest BCUT2D eigenvalue weighted by Crippen LogP contribution is -2.14. The molecule has 0 fully saturated rings. The third-order valence-corrected chi connectivity index (χ3v) is 11.0. The molecule has 0 aliphatic carbocycles. The number of esters is 4. The fourth-order valence-electron chi connectivity index (χ4n) is 6.76. The van der Waals surface area contributed by atoms with Crippen LogP contribution in [0, 0.1) is 20.2 Å². The van der Waals surface area contributed by atoms with E-state index in [0.29, 0.717) is 75.0 Å². The number of carbonyl (C=O) groups excluding carboxylic acids is 4. The average Bonchev–Trinajstić information content (AvgIpc) is 3.43. The summed E-state index contributed by atoms with van der Waals surface area (Å²) in [6.07, 6.45) is 10.6. The van der Waals surface area contributed by atoms with Gasteiger partial charge in [0.25, 0.3) is 11.4 Å². The molecule has 4 aromatic rings. The van der Waals surface area contributed by atoms with Crippen molar-refractivity contribution in [2.45, 2.75) is 103 Å². The molecule has 0 atom stereocenters. The maximum Gasteiger partial charge on any atom is 0.305 e. The van der Waals surface area contributed by atoms with Crippen molar-refractivity contribution >= 4 is 46.6 Å². The smallest absolute Gasteiger partial charge is 0.305 e. The summed E-state index contributed by atoms with van der Waals surface area (Å²) in [5.41, 5.74) is 12.7. The molecular formula is C56H76N4O18. The minimum Gasteiger partial charge on any atom is -0.494 e. The van der Waals surface area contributed by atoms with Crippen LogP contribution in [-0.2, 0) is 47.6 Å². The van der Waals surface area contributed by atoms with E-state index in [-0.39, 0.29) is 101 Å². The zero-order chi connectivity index (χ0) is 56.3. The first-order chi connectivity index (χ1) is 37.9. The topological polar surface area (TPSA) is 299 Å². The van der Waals surface area contributed by atoms with Gasteiger partial charge in [-0.25, -0.2) is 0 Å². The number of benzene rings is 4. The molecule has 0 aliphatic heterocycles. The van der Waals surface area contributed by atoms with Gasteiger partial charge in [0.15, 0.2) is 0 Å². The number of carbonyl (C=O) groups is 4. The van der Waals surface area contributed by atoms with Crippen LogP contribution >= 0.6 is 0 Å². The Morgan fingerprint density at radius 1 is 0.321 bits per heavy atom. The first kappa shape index (κ1) is 64.6. The summed E-state index contributed by atoms with van der Waals surface area (Å²) in [4.78, 5) is 67.4. The summed E-state index contributed by atoms with van der Waals surface area (Å²) in [5.74, 6) is 1.59. The molecule has 0 radical (unpaired) electrons. The molecule has 4 aromatic carbocycles. The molecule has 0 bridgehead atoms. The molecule has 0 saturated heterocycles. The van der Waals surface area contributed by atoms with Crippen molar-refractivity contribution in [2.75, 3.05) is 90.7 Å². The Morgan fingerprint density at radius 2 is 0.551 bits per heavy atom. The van der Waals surface area contributed by atoms with Gasteiger partial charge in [0.1, 0.15) is 49.4 Å². The number of hydrogen-bond acceptors (Lipinski definition) is 20. The maximum absolute atomic E-state index is 11.8. The van der Waals surface area contributed by atoms with E-state index in [4.69, 9.17) is 58.8 Å². The molecule has 0 heterocycles. The first-order valence-electron chi connectivity index (χ1n) is 26.4. The number of non-ortho nitro benzene ring substituents is 2. The van der Waals surface area contributed by atoms with Gasteiger partial charge in [-0.15, -0.1) is 0 Å². The molecule has 22 heteroatoms. The van der Waals surface area contributed by atoms with E-state index in [9.17, 15) is 39.4 Å². The van der Waals surface area contributed by atoms with Gasteiger partial charge in [-0.1, -0.05) is 0 Å². The molecule has 0 unspecified atom stereocenters. The van der Waals surface area contributed by atoms with Crippen LogP contribution in [0.3, 0.4) is 0 Å². The van der Waals surface area contributed by atoms with Crippen LogP contribution in [0.25, 0.3) is 0 Å². The lowest BCUT2D eigenvalue weighted by Gasteiger charge is -2.08. The van der Waals surface area contributed by atoms with E-state index in [0.717, 1.165) is 75.7 Å². The molecule has 0 aromatic heterocycles. The van der Waals surface area contributed by atoms with Crippen LogP contribution in [0.15, 0.2) is 97.1 Å². The molecule has 428 valence electrons. The fraction of sp³-hybridized carbons (Fsp3) is 0.500. The fourth-order valence-corrected chi connectivity index (χ4v) is 6.76. The molecular weight excluding hydrogens is 1020 g/mol. The van der Waals surface area contributed by atoms with Crippen LogP contribution in [0.4, 0.5) is 22.7 Å². The molecule has 0 saturated carbocycles. The number of hydrogen-bond donors (Lipinski definition) is 2. The van der Waals surface area contributed by atoms with Crippen LogP contribution in [0.1, 0.15) is 103 Å². The number of rotatable bonds is 42. The number of nitrogen functional groups attached to an aromatic ring is 2. The monoisotopic (exact) mass is 1090 g/mol. The van der Waals surface area contributed by atoms with Crippen molar-refractivity contribution in [3.8, 4) is 23.0 Å². The maximum atomic E-state index is 11.8. The number of nitrogens with zero attached hydrogens (tertiary/aromatic N) is 2. The number of nitro groups is 2. The number of nitrogens with two attached hydrogens (primary N) is 2. The lowest BCUT2D eigenvalue weighted by molar-refractivity contribution is -0.385. The van der Waals surface area contributed by atoms with Crippen LogP contribution in [0.2, 0.25) is 0 Å². The summed E-state index contributed by atoms with van der Waals surface area (Å²) >= 11 is 0. The van der Waals surface area contributed by atoms with Crippen LogP contribution in [0.5, 0.6) is 23.0 Å². The summed E-state index contributed by atoms with van der Waals surface area (Å²) in [5, 5.41) is 21.3. The first-order valence-corrected chi connectivity index (χ1v) is 26.4. The number of unbranched alkanes of at least 4 members (excludes halogenated alkanes) is 8. The van der Waals surface area contributed by atoms with E-state index < -0.39 is 9.85 Å². The molecule has 0 spiro atoms. The lowest BCUT2D eigenvalue weighted by atomic mass is 10.2. The molecule has 78 heavy (non-hydrogen) atoms. The minimum absolute atomic E-state index is 0.0102. The van der Waals surface area contributed by atoms with Crippen molar-refractivity contribution in [3.63, 3.8) is 0 Å². The zero-order valence-electron chi connectivity index (χ0n) is 44.4.